The number of fused-ring (bicyclic) bond motifs is 8. The molecule has 142 valence electrons. The molecule has 7 aromatic rings. The first-order valence-electron chi connectivity index (χ1n) is 9.72. The van der Waals surface area contributed by atoms with E-state index in [1.807, 2.05) is 37.3 Å². The molecule has 0 spiro atoms. The molecular formula is C24H14N4OS. The lowest BCUT2D eigenvalue weighted by atomic mass is 10.1. The van der Waals surface area contributed by atoms with Crippen LogP contribution in [0, 0.1) is 6.92 Å². The van der Waals surface area contributed by atoms with Crippen LogP contribution in [0.15, 0.2) is 71.1 Å². The first-order valence-corrected chi connectivity index (χ1v) is 10.5. The topological polar surface area (TPSA) is 56.2 Å². The van der Waals surface area contributed by atoms with Gasteiger partial charge in [0.2, 0.25) is 0 Å². The molecule has 7 rings (SSSR count). The quantitative estimate of drug-likeness (QED) is 0.318. The van der Waals surface area contributed by atoms with Crippen molar-refractivity contribution in [2.45, 2.75) is 6.92 Å². The summed E-state index contributed by atoms with van der Waals surface area (Å²) in [6.07, 6.45) is 0. The van der Waals surface area contributed by atoms with E-state index in [2.05, 4.69) is 45.8 Å². The van der Waals surface area contributed by atoms with E-state index >= 15 is 0 Å². The average Bonchev–Trinajstić information content (AvgIpc) is 3.42. The average molecular weight is 406 g/mol. The van der Waals surface area contributed by atoms with Crippen molar-refractivity contribution in [2.24, 2.45) is 0 Å². The standard InChI is InChI=1S/C24H14N4OS/c1-13-6-9-19-22(25-13)23-20(29-19)10-8-15(26-23)14-7-11-21-18(12-14)28-17-5-3-2-4-16(17)27-24(28)30-21/h2-12H,1H3. The highest BCUT2D eigenvalue weighted by atomic mass is 32.1. The third-order valence-corrected chi connectivity index (χ3v) is 6.55. The number of benzene rings is 2. The van der Waals surface area contributed by atoms with Crippen LogP contribution in [-0.4, -0.2) is 19.4 Å². The van der Waals surface area contributed by atoms with Crippen molar-refractivity contribution in [1.29, 1.82) is 0 Å². The molecule has 0 radical (unpaired) electrons. The predicted octanol–water partition coefficient (Wildman–Crippen LogP) is 6.37. The predicted molar refractivity (Wildman–Crippen MR) is 121 cm³/mol. The Morgan fingerprint density at radius 2 is 1.63 bits per heavy atom. The molecule has 5 aromatic heterocycles. The Morgan fingerprint density at radius 3 is 2.57 bits per heavy atom. The summed E-state index contributed by atoms with van der Waals surface area (Å²) in [6, 6.07) is 22.6. The summed E-state index contributed by atoms with van der Waals surface area (Å²) < 4.78 is 9.36. The zero-order valence-corrected chi connectivity index (χ0v) is 16.8. The van der Waals surface area contributed by atoms with Crippen LogP contribution >= 0.6 is 11.3 Å². The zero-order chi connectivity index (χ0) is 19.8. The Bertz CT molecular complexity index is 1770. The van der Waals surface area contributed by atoms with E-state index in [-0.39, 0.29) is 0 Å². The van der Waals surface area contributed by atoms with Gasteiger partial charge in [-0.2, -0.15) is 0 Å². The number of furan rings is 1. The molecule has 5 heterocycles. The third-order valence-electron chi connectivity index (χ3n) is 5.53. The number of nitrogens with zero attached hydrogens (tertiary/aromatic N) is 4. The lowest BCUT2D eigenvalue weighted by molar-refractivity contribution is 0.667. The van der Waals surface area contributed by atoms with E-state index in [0.717, 1.165) is 60.7 Å². The first-order chi connectivity index (χ1) is 14.7. The van der Waals surface area contributed by atoms with Crippen molar-refractivity contribution >= 4 is 59.7 Å². The van der Waals surface area contributed by atoms with Crippen LogP contribution in [0.3, 0.4) is 0 Å². The SMILES string of the molecule is Cc1ccc2oc3ccc(-c4ccc5sc6nc7ccccc7n6c5c4)nc3c2n1. The monoisotopic (exact) mass is 406 g/mol. The van der Waals surface area contributed by atoms with Gasteiger partial charge in [-0.25, -0.2) is 15.0 Å². The van der Waals surface area contributed by atoms with Gasteiger partial charge in [0.1, 0.15) is 11.0 Å². The second kappa shape index (κ2) is 5.64. The van der Waals surface area contributed by atoms with E-state index < -0.39 is 0 Å². The Hall–Kier alpha value is -3.77. The molecule has 6 heteroatoms. The van der Waals surface area contributed by atoms with Crippen molar-refractivity contribution in [1.82, 2.24) is 19.4 Å². The van der Waals surface area contributed by atoms with Crippen LogP contribution in [0.1, 0.15) is 5.69 Å². The van der Waals surface area contributed by atoms with Gasteiger partial charge in [-0.1, -0.05) is 29.5 Å². The van der Waals surface area contributed by atoms with Gasteiger partial charge in [0.15, 0.2) is 16.1 Å². The number of para-hydroxylation sites is 2. The minimum absolute atomic E-state index is 0.756. The number of imidazole rings is 1. The fourth-order valence-electron chi connectivity index (χ4n) is 4.11. The lowest BCUT2D eigenvalue weighted by Crippen LogP contribution is -1.87. The Kier molecular flexibility index (Phi) is 3.02. The maximum absolute atomic E-state index is 5.92. The van der Waals surface area contributed by atoms with Crippen molar-refractivity contribution in [3.8, 4) is 11.3 Å². The first kappa shape index (κ1) is 16.1. The second-order valence-corrected chi connectivity index (χ2v) is 8.46. The summed E-state index contributed by atoms with van der Waals surface area (Å²) in [7, 11) is 0. The van der Waals surface area contributed by atoms with Gasteiger partial charge < -0.3 is 4.42 Å². The molecule has 0 aliphatic rings. The van der Waals surface area contributed by atoms with Crippen LogP contribution in [-0.2, 0) is 0 Å². The molecular weight excluding hydrogens is 392 g/mol. The molecule has 2 aromatic carbocycles. The summed E-state index contributed by atoms with van der Waals surface area (Å²) in [6.45, 7) is 1.98. The van der Waals surface area contributed by atoms with Gasteiger partial charge in [-0.15, -0.1) is 0 Å². The highest BCUT2D eigenvalue weighted by molar-refractivity contribution is 7.23. The Morgan fingerprint density at radius 1 is 0.800 bits per heavy atom. The van der Waals surface area contributed by atoms with Gasteiger partial charge >= 0.3 is 0 Å². The highest BCUT2D eigenvalue weighted by Gasteiger charge is 2.14. The summed E-state index contributed by atoms with van der Waals surface area (Å²) in [5.41, 5.74) is 9.33. The summed E-state index contributed by atoms with van der Waals surface area (Å²) in [4.78, 5) is 15.3. The third kappa shape index (κ3) is 2.14. The lowest BCUT2D eigenvalue weighted by Gasteiger charge is -2.02. The summed E-state index contributed by atoms with van der Waals surface area (Å²) >= 11 is 1.71. The van der Waals surface area contributed by atoms with Crippen LogP contribution in [0.5, 0.6) is 0 Å². The highest BCUT2D eigenvalue weighted by Crippen LogP contribution is 2.34. The van der Waals surface area contributed by atoms with E-state index in [1.165, 1.54) is 4.70 Å². The van der Waals surface area contributed by atoms with Gasteiger partial charge in [0, 0.05) is 11.3 Å². The second-order valence-electron chi connectivity index (χ2n) is 7.45. The molecule has 0 saturated heterocycles. The normalized spacial score (nSPS) is 12.2. The van der Waals surface area contributed by atoms with Crippen LogP contribution in [0.25, 0.3) is 59.7 Å². The zero-order valence-electron chi connectivity index (χ0n) is 16.0. The molecule has 0 fully saturated rings. The summed E-state index contributed by atoms with van der Waals surface area (Å²) in [5.74, 6) is 0. The molecule has 5 nitrogen and oxygen atoms in total. The van der Waals surface area contributed by atoms with Crippen LogP contribution in [0.4, 0.5) is 0 Å². The Balaban J connectivity index is 1.50. The van der Waals surface area contributed by atoms with E-state index in [1.54, 1.807) is 11.3 Å². The maximum Gasteiger partial charge on any atom is 0.195 e. The largest absolute Gasteiger partial charge is 0.453 e. The molecule has 0 saturated carbocycles. The van der Waals surface area contributed by atoms with E-state index in [9.17, 15) is 0 Å². The van der Waals surface area contributed by atoms with E-state index in [4.69, 9.17) is 14.4 Å². The fourth-order valence-corrected chi connectivity index (χ4v) is 5.13. The molecule has 0 unspecified atom stereocenters. The summed E-state index contributed by atoms with van der Waals surface area (Å²) in [5, 5.41) is 0. The smallest absolute Gasteiger partial charge is 0.195 e. The number of pyridine rings is 2. The van der Waals surface area contributed by atoms with Crippen LogP contribution < -0.4 is 0 Å². The number of aromatic nitrogens is 4. The number of hydrogen-bond acceptors (Lipinski definition) is 5. The van der Waals surface area contributed by atoms with Gasteiger partial charge in [-0.05, 0) is 55.5 Å². The molecule has 0 aliphatic heterocycles. The number of rotatable bonds is 1. The minimum Gasteiger partial charge on any atom is -0.453 e. The van der Waals surface area contributed by atoms with Crippen molar-refractivity contribution < 1.29 is 4.42 Å². The molecule has 0 N–H and O–H groups in total. The maximum atomic E-state index is 5.92. The molecule has 0 bridgehead atoms. The molecule has 0 atom stereocenters. The Labute approximate surface area is 174 Å². The molecule has 30 heavy (non-hydrogen) atoms. The fraction of sp³-hybridized carbons (Fsp3) is 0.0417. The van der Waals surface area contributed by atoms with Gasteiger partial charge in [-0.3, -0.25) is 4.40 Å². The van der Waals surface area contributed by atoms with Gasteiger partial charge in [0.05, 0.1) is 26.9 Å². The van der Waals surface area contributed by atoms with Crippen LogP contribution in [0.2, 0.25) is 0 Å². The van der Waals surface area contributed by atoms with Crippen molar-refractivity contribution in [3.63, 3.8) is 0 Å². The molecule has 0 amide bonds. The molecule has 0 aliphatic carbocycles. The minimum atomic E-state index is 0.756. The number of aryl methyl sites for hydroxylation is 1. The van der Waals surface area contributed by atoms with Crippen molar-refractivity contribution in [2.75, 3.05) is 0 Å². The van der Waals surface area contributed by atoms with Gasteiger partial charge in [0.25, 0.3) is 0 Å². The number of hydrogen-bond donors (Lipinski definition) is 0. The number of thiazole rings is 1. The van der Waals surface area contributed by atoms with Crippen molar-refractivity contribution in [3.05, 3.63) is 72.4 Å². The van der Waals surface area contributed by atoms with E-state index in [0.29, 0.717) is 0 Å².